The molecule has 3 aromatic rings. The van der Waals surface area contributed by atoms with E-state index in [1.165, 1.54) is 7.11 Å². The van der Waals surface area contributed by atoms with Crippen molar-refractivity contribution in [1.29, 1.82) is 0 Å². The number of fused-ring (bicyclic) bond motifs is 1. The molecule has 0 amide bonds. The molecule has 0 fully saturated rings. The number of rotatable bonds is 8. The molecular weight excluding hydrogens is 412 g/mol. The van der Waals surface area contributed by atoms with Crippen molar-refractivity contribution in [2.45, 2.75) is 20.5 Å². The van der Waals surface area contributed by atoms with E-state index in [1.54, 1.807) is 38.1 Å². The Balaban J connectivity index is 1.68. The van der Waals surface area contributed by atoms with E-state index in [4.69, 9.17) is 18.9 Å². The molecule has 30 heavy (non-hydrogen) atoms. The van der Waals surface area contributed by atoms with Crippen molar-refractivity contribution in [2.24, 2.45) is 0 Å². The molecule has 0 aliphatic carbocycles. The molecule has 0 unspecified atom stereocenters. The number of nitrogens with one attached hydrogen (secondary N) is 1. The summed E-state index contributed by atoms with van der Waals surface area (Å²) in [6, 6.07) is 6.90. The van der Waals surface area contributed by atoms with Crippen LogP contribution in [0.25, 0.3) is 10.2 Å². The van der Waals surface area contributed by atoms with Crippen molar-refractivity contribution in [3.63, 3.8) is 0 Å². The van der Waals surface area contributed by atoms with Crippen molar-refractivity contribution in [2.75, 3.05) is 20.3 Å². The minimum atomic E-state index is -0.641. The van der Waals surface area contributed by atoms with Gasteiger partial charge in [-0.3, -0.25) is 4.79 Å². The molecule has 1 N–H and O–H groups in total. The van der Waals surface area contributed by atoms with Gasteiger partial charge in [0.25, 0.3) is 5.56 Å². The van der Waals surface area contributed by atoms with E-state index < -0.39 is 17.5 Å². The van der Waals surface area contributed by atoms with Gasteiger partial charge in [0.15, 0.2) is 18.1 Å². The first-order chi connectivity index (χ1) is 14.4. The monoisotopic (exact) mass is 432 g/mol. The second-order valence-corrected chi connectivity index (χ2v) is 7.07. The van der Waals surface area contributed by atoms with Gasteiger partial charge in [0.1, 0.15) is 22.1 Å². The topological polar surface area (TPSA) is 117 Å². The normalized spacial score (nSPS) is 10.6. The number of aryl methyl sites for hydroxylation is 1. The van der Waals surface area contributed by atoms with E-state index in [2.05, 4.69) is 9.97 Å². The Kier molecular flexibility index (Phi) is 6.68. The van der Waals surface area contributed by atoms with Crippen LogP contribution in [0.4, 0.5) is 0 Å². The number of thiophene rings is 1. The third kappa shape index (κ3) is 4.60. The number of hydrogen-bond donors (Lipinski definition) is 1. The number of para-hydroxylation sites is 2. The van der Waals surface area contributed by atoms with Crippen molar-refractivity contribution in [3.05, 3.63) is 50.9 Å². The van der Waals surface area contributed by atoms with Crippen LogP contribution in [0.3, 0.4) is 0 Å². The fourth-order valence-corrected chi connectivity index (χ4v) is 3.81. The Morgan fingerprint density at radius 1 is 1.17 bits per heavy atom. The van der Waals surface area contributed by atoms with E-state index in [-0.39, 0.29) is 25.6 Å². The van der Waals surface area contributed by atoms with Crippen LogP contribution in [0.15, 0.2) is 29.1 Å². The SMILES string of the molecule is CCOC(=O)c1sc2nc(COC(=O)COc3ccccc3OC)[nH]c(=O)c2c1C. The quantitative estimate of drug-likeness (QED) is 0.540. The number of carbonyl (C=O) groups is 2. The molecule has 2 aromatic heterocycles. The van der Waals surface area contributed by atoms with E-state index in [9.17, 15) is 14.4 Å². The maximum absolute atomic E-state index is 12.4. The van der Waals surface area contributed by atoms with Crippen LogP contribution in [0, 0.1) is 6.92 Å². The molecule has 0 saturated carbocycles. The van der Waals surface area contributed by atoms with Crippen LogP contribution in [-0.2, 0) is 20.9 Å². The largest absolute Gasteiger partial charge is 0.493 e. The standard InChI is InChI=1S/C20H20N2O7S/c1-4-27-20(25)17-11(2)16-18(24)21-14(22-19(16)30-17)9-29-15(23)10-28-13-8-6-5-7-12(13)26-3/h5-8H,4,9-10H2,1-3H3,(H,21,22,24). The highest BCUT2D eigenvalue weighted by molar-refractivity contribution is 7.20. The maximum atomic E-state index is 12.4. The summed E-state index contributed by atoms with van der Waals surface area (Å²) in [5, 5.41) is 0.317. The first-order valence-electron chi connectivity index (χ1n) is 9.05. The fourth-order valence-electron chi connectivity index (χ4n) is 2.71. The smallest absolute Gasteiger partial charge is 0.348 e. The highest BCUT2D eigenvalue weighted by atomic mass is 32.1. The van der Waals surface area contributed by atoms with Gasteiger partial charge in [-0.2, -0.15) is 0 Å². The number of carbonyl (C=O) groups excluding carboxylic acids is 2. The summed E-state index contributed by atoms with van der Waals surface area (Å²) in [5.74, 6) is -0.0791. The van der Waals surface area contributed by atoms with E-state index >= 15 is 0 Å². The van der Waals surface area contributed by atoms with Gasteiger partial charge in [-0.15, -0.1) is 11.3 Å². The molecular formula is C20H20N2O7S. The Morgan fingerprint density at radius 3 is 2.60 bits per heavy atom. The molecule has 0 saturated heterocycles. The Bertz CT molecular complexity index is 1140. The van der Waals surface area contributed by atoms with Gasteiger partial charge in [0.2, 0.25) is 0 Å². The molecule has 1 aromatic carbocycles. The number of aromatic nitrogens is 2. The molecule has 0 radical (unpaired) electrons. The molecule has 9 nitrogen and oxygen atoms in total. The van der Waals surface area contributed by atoms with Crippen LogP contribution in [-0.4, -0.2) is 42.2 Å². The Morgan fingerprint density at radius 2 is 1.90 bits per heavy atom. The number of esters is 2. The molecule has 10 heteroatoms. The molecule has 0 bridgehead atoms. The number of benzene rings is 1. The summed E-state index contributed by atoms with van der Waals surface area (Å²) in [4.78, 5) is 44.0. The summed E-state index contributed by atoms with van der Waals surface area (Å²) in [7, 11) is 1.50. The lowest BCUT2D eigenvalue weighted by Gasteiger charge is -2.10. The van der Waals surface area contributed by atoms with Gasteiger partial charge in [-0.25, -0.2) is 14.6 Å². The first-order valence-corrected chi connectivity index (χ1v) is 9.87. The van der Waals surface area contributed by atoms with Crippen LogP contribution in [0.5, 0.6) is 11.5 Å². The molecule has 2 heterocycles. The van der Waals surface area contributed by atoms with E-state index in [1.807, 2.05) is 0 Å². The van der Waals surface area contributed by atoms with Gasteiger partial charge in [0.05, 0.1) is 19.1 Å². The van der Waals surface area contributed by atoms with Gasteiger partial charge >= 0.3 is 11.9 Å². The molecule has 0 spiro atoms. The number of hydrogen-bond acceptors (Lipinski definition) is 9. The lowest BCUT2D eigenvalue weighted by molar-refractivity contribution is -0.147. The minimum absolute atomic E-state index is 0.162. The number of ether oxygens (including phenoxy) is 4. The lowest BCUT2D eigenvalue weighted by Crippen LogP contribution is -2.18. The molecule has 0 atom stereocenters. The van der Waals surface area contributed by atoms with Gasteiger partial charge in [-0.1, -0.05) is 12.1 Å². The van der Waals surface area contributed by atoms with Gasteiger partial charge in [0, 0.05) is 0 Å². The second kappa shape index (κ2) is 9.40. The summed E-state index contributed by atoms with van der Waals surface area (Å²) in [5.41, 5.74) is 0.0940. The maximum Gasteiger partial charge on any atom is 0.348 e. The zero-order valence-electron chi connectivity index (χ0n) is 16.6. The summed E-state index contributed by atoms with van der Waals surface area (Å²) < 4.78 is 20.7. The summed E-state index contributed by atoms with van der Waals surface area (Å²) in [6.45, 7) is 3.02. The van der Waals surface area contributed by atoms with Crippen LogP contribution in [0.1, 0.15) is 28.0 Å². The number of nitrogens with zero attached hydrogens (tertiary/aromatic N) is 1. The van der Waals surface area contributed by atoms with Crippen LogP contribution < -0.4 is 15.0 Å². The zero-order chi connectivity index (χ0) is 21.7. The van der Waals surface area contributed by atoms with Gasteiger partial charge in [-0.05, 0) is 31.5 Å². The van der Waals surface area contributed by atoms with Gasteiger partial charge < -0.3 is 23.9 Å². The Hall–Kier alpha value is -3.40. The third-order valence-electron chi connectivity index (χ3n) is 4.09. The Labute approximate surface area is 175 Å². The number of H-pyrrole nitrogens is 1. The predicted molar refractivity (Wildman–Crippen MR) is 109 cm³/mol. The third-order valence-corrected chi connectivity index (χ3v) is 5.26. The number of aromatic amines is 1. The van der Waals surface area contributed by atoms with E-state index in [0.29, 0.717) is 32.2 Å². The summed E-state index contributed by atoms with van der Waals surface area (Å²) in [6.07, 6.45) is 0. The average molecular weight is 432 g/mol. The van der Waals surface area contributed by atoms with Crippen molar-refractivity contribution < 1.29 is 28.5 Å². The minimum Gasteiger partial charge on any atom is -0.493 e. The molecule has 3 rings (SSSR count). The highest BCUT2D eigenvalue weighted by Gasteiger charge is 2.20. The van der Waals surface area contributed by atoms with Crippen LogP contribution in [0.2, 0.25) is 0 Å². The zero-order valence-corrected chi connectivity index (χ0v) is 17.5. The van der Waals surface area contributed by atoms with E-state index in [0.717, 1.165) is 11.3 Å². The highest BCUT2D eigenvalue weighted by Crippen LogP contribution is 2.28. The van der Waals surface area contributed by atoms with Crippen molar-refractivity contribution >= 4 is 33.5 Å². The lowest BCUT2D eigenvalue weighted by atomic mass is 10.2. The molecule has 0 aliphatic rings. The van der Waals surface area contributed by atoms with Crippen molar-refractivity contribution in [1.82, 2.24) is 9.97 Å². The fraction of sp³-hybridized carbons (Fsp3) is 0.300. The molecule has 0 aliphatic heterocycles. The second-order valence-electron chi connectivity index (χ2n) is 6.07. The average Bonchev–Trinajstić information content (AvgIpc) is 3.08. The van der Waals surface area contributed by atoms with Crippen molar-refractivity contribution in [3.8, 4) is 11.5 Å². The number of methoxy groups -OCH3 is 1. The van der Waals surface area contributed by atoms with Crippen LogP contribution >= 0.6 is 11.3 Å². The first kappa shape index (κ1) is 21.3. The summed E-state index contributed by atoms with van der Waals surface area (Å²) >= 11 is 1.06. The predicted octanol–water partition coefficient (Wildman–Crippen LogP) is 2.60. The molecule has 158 valence electrons.